The highest BCUT2D eigenvalue weighted by Crippen LogP contribution is 2.33. The van der Waals surface area contributed by atoms with E-state index in [9.17, 15) is 14.4 Å². The van der Waals surface area contributed by atoms with E-state index in [0.717, 1.165) is 99.1 Å². The van der Waals surface area contributed by atoms with Crippen LogP contribution < -0.4 is 0 Å². The number of ketones is 1. The minimum atomic E-state index is 0.0417. The van der Waals surface area contributed by atoms with Crippen molar-refractivity contribution in [2.45, 2.75) is 218 Å². The number of esters is 2. The largest absolute Gasteiger partial charge is 0.461 e. The highest BCUT2D eigenvalue weighted by Gasteiger charge is 2.29. The first-order chi connectivity index (χ1) is 25.6. The zero-order chi connectivity index (χ0) is 36.5. The minimum absolute atomic E-state index is 0.0417. The Hall–Kier alpha value is -0.690. The van der Waals surface area contributed by atoms with E-state index < -0.39 is 0 Å². The van der Waals surface area contributed by atoms with Gasteiger partial charge in [0.25, 0.3) is 0 Å². The van der Waals surface area contributed by atoms with E-state index in [0.29, 0.717) is 30.5 Å². The molecule has 0 aromatic heterocycles. The molecule has 0 spiro atoms. The van der Waals surface area contributed by atoms with Crippen molar-refractivity contribution in [3.63, 3.8) is 0 Å². The Balaban J connectivity index is 0.990. The first kappa shape index (κ1) is 44.0. The van der Waals surface area contributed by atoms with Gasteiger partial charge in [0.15, 0.2) is 0 Å². The fourth-order valence-corrected chi connectivity index (χ4v) is 11.8. The van der Waals surface area contributed by atoms with E-state index >= 15 is 0 Å². The molecule has 300 valence electrons. The Kier molecular flexibility index (Phi) is 23.6. The van der Waals surface area contributed by atoms with Crippen molar-refractivity contribution in [1.82, 2.24) is 0 Å². The van der Waals surface area contributed by atoms with Gasteiger partial charge in [0.2, 0.25) is 0 Å². The van der Waals surface area contributed by atoms with Crippen molar-refractivity contribution in [3.8, 4) is 0 Å². The molecule has 0 aliphatic heterocycles. The van der Waals surface area contributed by atoms with E-state index in [-0.39, 0.29) is 24.1 Å². The average Bonchev–Trinajstić information content (AvgIpc) is 3.19. The molecule has 2 atom stereocenters. The predicted molar refractivity (Wildman–Crippen MR) is 221 cm³/mol. The molecule has 7 heteroatoms. The van der Waals surface area contributed by atoms with Crippen LogP contribution in [0.2, 0.25) is 0 Å². The Morgan fingerprint density at radius 3 is 1.19 bits per heavy atom. The molecule has 0 bridgehead atoms. The monoisotopic (exact) mass is 763 g/mol. The summed E-state index contributed by atoms with van der Waals surface area (Å²) in [6.07, 6.45) is 37.2. The molecule has 4 aliphatic rings. The number of carbonyl (C=O) groups excluding carboxylic acids is 3. The summed E-state index contributed by atoms with van der Waals surface area (Å²) in [7, 11) is 0. The molecular weight excluding hydrogens is 685 g/mol. The summed E-state index contributed by atoms with van der Waals surface area (Å²) in [6.45, 7) is 0. The summed E-state index contributed by atoms with van der Waals surface area (Å²) in [5, 5.41) is 0. The normalized spacial score (nSPS) is 21.1. The van der Waals surface area contributed by atoms with Gasteiger partial charge in [0.05, 0.1) is 0 Å². The number of hydrogen-bond donors (Lipinski definition) is 0. The molecule has 4 fully saturated rings. The molecule has 4 aliphatic carbocycles. The van der Waals surface area contributed by atoms with Crippen LogP contribution in [-0.4, -0.2) is 52.9 Å². The van der Waals surface area contributed by atoms with Gasteiger partial charge in [0.1, 0.15) is 18.0 Å². The SMILES string of the molecule is O=C(CCCCCSCC(OC(=O)CCC1CCCCC1)C1CCCCC1)CCCCCSCC(OC(=O)CCC1CCCCC1)C1CCCCC1. The number of Topliss-reactive ketones (excluding diaryl/α,β-unsaturated/α-hetero) is 1. The van der Waals surface area contributed by atoms with Crippen molar-refractivity contribution < 1.29 is 23.9 Å². The van der Waals surface area contributed by atoms with Gasteiger partial charge >= 0.3 is 11.9 Å². The van der Waals surface area contributed by atoms with Crippen LogP contribution in [0.4, 0.5) is 0 Å². The molecule has 0 aromatic carbocycles. The first-order valence-electron chi connectivity index (χ1n) is 22.6. The maximum Gasteiger partial charge on any atom is 0.306 e. The van der Waals surface area contributed by atoms with Crippen LogP contribution in [0.5, 0.6) is 0 Å². The van der Waals surface area contributed by atoms with Crippen LogP contribution in [0, 0.1) is 23.7 Å². The molecule has 0 aromatic rings. The van der Waals surface area contributed by atoms with Crippen molar-refractivity contribution >= 4 is 41.2 Å². The van der Waals surface area contributed by atoms with Crippen LogP contribution in [0.25, 0.3) is 0 Å². The third-order valence-corrected chi connectivity index (χ3v) is 15.2. The maximum absolute atomic E-state index is 12.8. The van der Waals surface area contributed by atoms with Gasteiger partial charge in [-0.1, -0.05) is 116 Å². The van der Waals surface area contributed by atoms with Crippen LogP contribution in [0.1, 0.15) is 205 Å². The molecule has 4 rings (SSSR count). The summed E-state index contributed by atoms with van der Waals surface area (Å²) in [4.78, 5) is 38.2. The van der Waals surface area contributed by atoms with Crippen LogP contribution in [0.15, 0.2) is 0 Å². The third-order valence-electron chi connectivity index (χ3n) is 12.9. The molecule has 0 saturated heterocycles. The van der Waals surface area contributed by atoms with E-state index in [4.69, 9.17) is 9.47 Å². The van der Waals surface area contributed by atoms with Crippen LogP contribution in [-0.2, 0) is 23.9 Å². The lowest BCUT2D eigenvalue weighted by atomic mass is 9.85. The fraction of sp³-hybridized carbons (Fsp3) is 0.933. The lowest BCUT2D eigenvalue weighted by molar-refractivity contribution is -0.152. The molecule has 0 amide bonds. The summed E-state index contributed by atoms with van der Waals surface area (Å²) >= 11 is 3.91. The zero-order valence-electron chi connectivity index (χ0n) is 33.3. The fourth-order valence-electron chi connectivity index (χ4n) is 9.53. The smallest absolute Gasteiger partial charge is 0.306 e. The Morgan fingerprint density at radius 1 is 0.442 bits per heavy atom. The second-order valence-electron chi connectivity index (χ2n) is 17.2. The molecule has 52 heavy (non-hydrogen) atoms. The highest BCUT2D eigenvalue weighted by atomic mass is 32.2. The summed E-state index contributed by atoms with van der Waals surface area (Å²) in [6, 6.07) is 0. The highest BCUT2D eigenvalue weighted by molar-refractivity contribution is 7.99. The van der Waals surface area contributed by atoms with Crippen molar-refractivity contribution in [2.75, 3.05) is 23.0 Å². The second-order valence-corrected chi connectivity index (χ2v) is 19.5. The summed E-state index contributed by atoms with van der Waals surface area (Å²) in [5.41, 5.74) is 0. The average molecular weight is 763 g/mol. The van der Waals surface area contributed by atoms with Gasteiger partial charge in [-0.15, -0.1) is 0 Å². The van der Waals surface area contributed by atoms with Crippen molar-refractivity contribution in [1.29, 1.82) is 0 Å². The second kappa shape index (κ2) is 27.8. The van der Waals surface area contributed by atoms with E-state index in [1.54, 1.807) is 0 Å². The van der Waals surface area contributed by atoms with E-state index in [2.05, 4.69) is 0 Å². The number of thioether (sulfide) groups is 2. The molecule has 4 saturated carbocycles. The summed E-state index contributed by atoms with van der Waals surface area (Å²) < 4.78 is 12.3. The number of carbonyl (C=O) groups is 3. The zero-order valence-corrected chi connectivity index (χ0v) is 34.9. The van der Waals surface area contributed by atoms with Gasteiger partial charge in [0, 0.05) is 37.2 Å². The Morgan fingerprint density at radius 2 is 0.808 bits per heavy atom. The number of unbranched alkanes of at least 4 members (excludes halogenated alkanes) is 4. The number of hydrogen-bond acceptors (Lipinski definition) is 7. The molecule has 5 nitrogen and oxygen atoms in total. The van der Waals surface area contributed by atoms with Gasteiger partial charge < -0.3 is 9.47 Å². The lowest BCUT2D eigenvalue weighted by Gasteiger charge is -2.30. The van der Waals surface area contributed by atoms with Gasteiger partial charge in [-0.25, -0.2) is 0 Å². The van der Waals surface area contributed by atoms with Crippen molar-refractivity contribution in [2.24, 2.45) is 23.7 Å². The summed E-state index contributed by atoms with van der Waals surface area (Å²) in [5.74, 6) is 7.11. The van der Waals surface area contributed by atoms with Crippen LogP contribution in [0.3, 0.4) is 0 Å². The number of ether oxygens (including phenoxy) is 2. The molecule has 2 unspecified atom stereocenters. The topological polar surface area (TPSA) is 69.7 Å². The van der Waals surface area contributed by atoms with Gasteiger partial charge in [-0.3, -0.25) is 14.4 Å². The van der Waals surface area contributed by atoms with Crippen molar-refractivity contribution in [3.05, 3.63) is 0 Å². The van der Waals surface area contributed by atoms with Gasteiger partial charge in [-0.2, -0.15) is 23.5 Å². The molecule has 0 heterocycles. The van der Waals surface area contributed by atoms with E-state index in [1.165, 1.54) is 128 Å². The standard InChI is InChI=1S/C45H78O5S2/c46-41(27-15-5-17-33-51-35-42(39-23-11-3-12-24-39)49-44(47)31-29-37-19-7-1-8-20-37)28-16-6-18-34-52-36-43(40-25-13-4-14-26-40)50-45(48)32-30-38-21-9-2-10-22-38/h37-40,42-43H,1-36H2. The Bertz CT molecular complexity index is 875. The maximum atomic E-state index is 12.8. The number of rotatable bonds is 26. The first-order valence-corrected chi connectivity index (χ1v) is 24.9. The minimum Gasteiger partial charge on any atom is -0.461 e. The van der Waals surface area contributed by atoms with Crippen LogP contribution >= 0.6 is 23.5 Å². The lowest BCUT2D eigenvalue weighted by Crippen LogP contribution is -2.31. The Labute approximate surface area is 328 Å². The van der Waals surface area contributed by atoms with Gasteiger partial charge in [-0.05, 0) is 99.4 Å². The predicted octanol–water partition coefficient (Wildman–Crippen LogP) is 12.8. The molecule has 0 N–H and O–H groups in total. The molecular formula is C45H78O5S2. The van der Waals surface area contributed by atoms with E-state index in [1.807, 2.05) is 23.5 Å². The molecule has 0 radical (unpaired) electrons. The third kappa shape index (κ3) is 19.3. The quantitative estimate of drug-likeness (QED) is 0.0642.